The van der Waals surface area contributed by atoms with E-state index in [9.17, 15) is 9.59 Å². The van der Waals surface area contributed by atoms with E-state index in [1.807, 2.05) is 6.07 Å². The summed E-state index contributed by atoms with van der Waals surface area (Å²) in [6, 6.07) is 8.83. The highest BCUT2D eigenvalue weighted by Crippen LogP contribution is 2.13. The third kappa shape index (κ3) is 3.75. The SMILES string of the molecule is CC(Oc1ccccc1)C(=O)Nc1nccnc1C(=O)O. The van der Waals surface area contributed by atoms with Crippen molar-refractivity contribution in [1.29, 1.82) is 0 Å². The van der Waals surface area contributed by atoms with Crippen molar-refractivity contribution in [3.63, 3.8) is 0 Å². The molecule has 21 heavy (non-hydrogen) atoms. The van der Waals surface area contributed by atoms with Crippen molar-refractivity contribution in [3.05, 3.63) is 48.4 Å². The van der Waals surface area contributed by atoms with Crippen molar-refractivity contribution >= 4 is 17.7 Å². The second-order valence-corrected chi connectivity index (χ2v) is 4.12. The van der Waals surface area contributed by atoms with Crippen molar-refractivity contribution in [3.8, 4) is 5.75 Å². The van der Waals surface area contributed by atoms with E-state index in [1.165, 1.54) is 12.4 Å². The molecule has 0 aliphatic rings. The Kier molecular flexibility index (Phi) is 4.45. The van der Waals surface area contributed by atoms with Gasteiger partial charge in [-0.05, 0) is 19.1 Å². The summed E-state index contributed by atoms with van der Waals surface area (Å²) in [6.07, 6.45) is 1.73. The Morgan fingerprint density at radius 2 is 1.86 bits per heavy atom. The number of para-hydroxylation sites is 1. The highest BCUT2D eigenvalue weighted by atomic mass is 16.5. The molecule has 0 aliphatic heterocycles. The van der Waals surface area contributed by atoms with E-state index >= 15 is 0 Å². The highest BCUT2D eigenvalue weighted by Gasteiger charge is 2.19. The number of anilines is 1. The van der Waals surface area contributed by atoms with Gasteiger partial charge in [0.2, 0.25) is 0 Å². The first-order valence-electron chi connectivity index (χ1n) is 6.15. The van der Waals surface area contributed by atoms with Gasteiger partial charge in [-0.3, -0.25) is 4.79 Å². The Morgan fingerprint density at radius 1 is 1.19 bits per heavy atom. The Labute approximate surface area is 120 Å². The molecule has 1 atom stereocenters. The van der Waals surface area contributed by atoms with Crippen LogP contribution in [-0.2, 0) is 4.79 Å². The van der Waals surface area contributed by atoms with Gasteiger partial charge >= 0.3 is 5.97 Å². The van der Waals surface area contributed by atoms with Crippen molar-refractivity contribution in [2.24, 2.45) is 0 Å². The van der Waals surface area contributed by atoms with E-state index in [2.05, 4.69) is 15.3 Å². The normalized spacial score (nSPS) is 11.5. The van der Waals surface area contributed by atoms with Gasteiger partial charge in [-0.25, -0.2) is 14.8 Å². The molecule has 0 saturated carbocycles. The van der Waals surface area contributed by atoms with E-state index in [4.69, 9.17) is 9.84 Å². The van der Waals surface area contributed by atoms with E-state index in [0.717, 1.165) is 0 Å². The van der Waals surface area contributed by atoms with E-state index in [0.29, 0.717) is 5.75 Å². The lowest BCUT2D eigenvalue weighted by atomic mass is 10.3. The van der Waals surface area contributed by atoms with Crippen LogP contribution >= 0.6 is 0 Å². The molecule has 0 bridgehead atoms. The standard InChI is InChI=1S/C14H13N3O4/c1-9(21-10-5-3-2-4-6-10)13(18)17-12-11(14(19)20)15-7-8-16-12/h2-9H,1H3,(H,19,20)(H,16,17,18). The van der Waals surface area contributed by atoms with Crippen molar-refractivity contribution in [1.82, 2.24) is 9.97 Å². The molecule has 1 heterocycles. The van der Waals surface area contributed by atoms with Gasteiger partial charge in [0.25, 0.3) is 5.91 Å². The molecule has 1 unspecified atom stereocenters. The third-order valence-electron chi connectivity index (χ3n) is 2.57. The zero-order valence-corrected chi connectivity index (χ0v) is 11.2. The predicted molar refractivity (Wildman–Crippen MR) is 74.2 cm³/mol. The minimum Gasteiger partial charge on any atom is -0.481 e. The first-order chi connectivity index (χ1) is 10.1. The number of hydrogen-bond donors (Lipinski definition) is 2. The van der Waals surface area contributed by atoms with Gasteiger partial charge in [0, 0.05) is 12.4 Å². The molecule has 2 aromatic rings. The van der Waals surface area contributed by atoms with Gasteiger partial charge in [0.15, 0.2) is 17.6 Å². The quantitative estimate of drug-likeness (QED) is 0.865. The summed E-state index contributed by atoms with van der Waals surface area (Å²) in [5.74, 6) is -1.35. The molecule has 0 radical (unpaired) electrons. The summed E-state index contributed by atoms with van der Waals surface area (Å²) in [4.78, 5) is 30.4. The minimum absolute atomic E-state index is 0.112. The second kappa shape index (κ2) is 6.47. The number of aromatic carboxylic acids is 1. The van der Waals surface area contributed by atoms with Crippen molar-refractivity contribution in [2.75, 3.05) is 5.32 Å². The molecule has 7 heteroatoms. The fraction of sp³-hybridized carbons (Fsp3) is 0.143. The van der Waals surface area contributed by atoms with Crippen LogP contribution in [-0.4, -0.2) is 33.1 Å². The smallest absolute Gasteiger partial charge is 0.358 e. The van der Waals surface area contributed by atoms with Crippen LogP contribution in [0.4, 0.5) is 5.82 Å². The molecule has 0 aliphatic carbocycles. The van der Waals surface area contributed by atoms with E-state index in [-0.39, 0.29) is 11.5 Å². The predicted octanol–water partition coefficient (Wildman–Crippen LogP) is 1.58. The molecule has 108 valence electrons. The maximum atomic E-state index is 12.0. The number of aromatic nitrogens is 2. The van der Waals surface area contributed by atoms with Crippen LogP contribution in [0.5, 0.6) is 5.75 Å². The Bertz CT molecular complexity index is 646. The number of carbonyl (C=O) groups excluding carboxylic acids is 1. The van der Waals surface area contributed by atoms with Gasteiger partial charge in [-0.2, -0.15) is 0 Å². The van der Waals surface area contributed by atoms with Gasteiger partial charge in [-0.15, -0.1) is 0 Å². The van der Waals surface area contributed by atoms with Crippen LogP contribution in [0, 0.1) is 0 Å². The van der Waals surface area contributed by atoms with Crippen molar-refractivity contribution < 1.29 is 19.4 Å². The van der Waals surface area contributed by atoms with Crippen LogP contribution < -0.4 is 10.1 Å². The summed E-state index contributed by atoms with van der Waals surface area (Å²) < 4.78 is 5.44. The van der Waals surface area contributed by atoms with Gasteiger partial charge in [0.1, 0.15) is 5.75 Å². The molecule has 1 aromatic heterocycles. The number of benzene rings is 1. The molecule has 1 amide bonds. The summed E-state index contributed by atoms with van der Waals surface area (Å²) in [5, 5.41) is 11.4. The lowest BCUT2D eigenvalue weighted by Crippen LogP contribution is -2.31. The maximum Gasteiger partial charge on any atom is 0.358 e. The molecule has 2 rings (SSSR count). The number of carboxylic acid groups (broad SMARTS) is 1. The van der Waals surface area contributed by atoms with Crippen LogP contribution in [0.3, 0.4) is 0 Å². The van der Waals surface area contributed by atoms with Crippen LogP contribution in [0.25, 0.3) is 0 Å². The average molecular weight is 287 g/mol. The monoisotopic (exact) mass is 287 g/mol. The number of carbonyl (C=O) groups is 2. The van der Waals surface area contributed by atoms with Gasteiger partial charge in [0.05, 0.1) is 0 Å². The lowest BCUT2D eigenvalue weighted by molar-refractivity contribution is -0.122. The number of ether oxygens (including phenoxy) is 1. The molecule has 0 fully saturated rings. The Morgan fingerprint density at radius 3 is 2.52 bits per heavy atom. The molecule has 0 saturated heterocycles. The summed E-state index contributed by atoms with van der Waals surface area (Å²) >= 11 is 0. The van der Waals surface area contributed by atoms with E-state index < -0.39 is 18.0 Å². The number of rotatable bonds is 5. The Balaban J connectivity index is 2.06. The number of nitrogens with zero attached hydrogens (tertiary/aromatic N) is 2. The summed E-state index contributed by atoms with van der Waals surface area (Å²) in [7, 11) is 0. The first-order valence-corrected chi connectivity index (χ1v) is 6.15. The number of nitrogens with one attached hydrogen (secondary N) is 1. The topological polar surface area (TPSA) is 101 Å². The summed E-state index contributed by atoms with van der Waals surface area (Å²) in [6.45, 7) is 1.55. The number of hydrogen-bond acceptors (Lipinski definition) is 5. The highest BCUT2D eigenvalue weighted by molar-refractivity contribution is 5.99. The zero-order chi connectivity index (χ0) is 15.2. The van der Waals surface area contributed by atoms with Crippen molar-refractivity contribution in [2.45, 2.75) is 13.0 Å². The Hall–Kier alpha value is -2.96. The second-order valence-electron chi connectivity index (χ2n) is 4.12. The van der Waals surface area contributed by atoms with E-state index in [1.54, 1.807) is 31.2 Å². The lowest BCUT2D eigenvalue weighted by Gasteiger charge is -2.14. The van der Waals surface area contributed by atoms with Gasteiger partial charge < -0.3 is 15.2 Å². The van der Waals surface area contributed by atoms with Gasteiger partial charge in [-0.1, -0.05) is 18.2 Å². The average Bonchev–Trinajstić information content (AvgIpc) is 2.48. The van der Waals surface area contributed by atoms with Crippen LogP contribution in [0.1, 0.15) is 17.4 Å². The molecule has 2 N–H and O–H groups in total. The molecule has 1 aromatic carbocycles. The van der Waals surface area contributed by atoms with Crippen LogP contribution in [0.15, 0.2) is 42.7 Å². The summed E-state index contributed by atoms with van der Waals surface area (Å²) in [5.41, 5.74) is -0.322. The number of carboxylic acids is 1. The fourth-order valence-electron chi connectivity index (χ4n) is 1.56. The molecular weight excluding hydrogens is 274 g/mol. The zero-order valence-electron chi connectivity index (χ0n) is 11.2. The fourth-order valence-corrected chi connectivity index (χ4v) is 1.56. The third-order valence-corrected chi connectivity index (χ3v) is 2.57. The van der Waals surface area contributed by atoms with Crippen LogP contribution in [0.2, 0.25) is 0 Å². The minimum atomic E-state index is -1.27. The first kappa shape index (κ1) is 14.4. The molecule has 7 nitrogen and oxygen atoms in total. The number of amides is 1. The molecule has 0 spiro atoms. The largest absolute Gasteiger partial charge is 0.481 e. The molecular formula is C14H13N3O4. The maximum absolute atomic E-state index is 12.0.